The van der Waals surface area contributed by atoms with Crippen LogP contribution in [-0.4, -0.2) is 51.0 Å². The predicted octanol–water partition coefficient (Wildman–Crippen LogP) is 1.67. The number of hydrogen-bond donors (Lipinski definition) is 2. The molecule has 0 aromatic rings. The summed E-state index contributed by atoms with van der Waals surface area (Å²) in [5.74, 6) is 0.700. The molecule has 1 aliphatic heterocycles. The van der Waals surface area contributed by atoms with Crippen molar-refractivity contribution < 1.29 is 14.4 Å². The summed E-state index contributed by atoms with van der Waals surface area (Å²) in [6, 6.07) is 0. The Kier molecular flexibility index (Phi) is 8.45. The molecule has 1 aliphatic rings. The normalized spacial score (nSPS) is 14.4. The van der Waals surface area contributed by atoms with Gasteiger partial charge in [0.2, 0.25) is 11.8 Å². The Labute approximate surface area is 141 Å². The van der Waals surface area contributed by atoms with Gasteiger partial charge in [-0.3, -0.25) is 19.3 Å². The van der Waals surface area contributed by atoms with Crippen LogP contribution in [-0.2, 0) is 9.59 Å². The van der Waals surface area contributed by atoms with Crippen molar-refractivity contribution >= 4 is 66.9 Å². The maximum atomic E-state index is 11.8. The molecular weight excluding hydrogens is 350 g/mol. The second kappa shape index (κ2) is 9.54. The third-order valence-electron chi connectivity index (χ3n) is 2.40. The van der Waals surface area contributed by atoms with Crippen molar-refractivity contribution in [2.45, 2.75) is 13.8 Å². The van der Waals surface area contributed by atoms with Crippen molar-refractivity contribution in [3.05, 3.63) is 0 Å². The molecule has 1 fully saturated rings. The first-order valence-corrected chi connectivity index (χ1v) is 9.95. The standard InChI is InChI=1S/C11H17N3O3S4/c1-7(2)9(16)12-6-13-10(17)21-20-5-8(15)14-3-4-19-11(14)18/h7H,3-6H2,1-2H3,(H,12,16)(H,13,17). The van der Waals surface area contributed by atoms with Crippen LogP contribution in [0.2, 0.25) is 0 Å². The summed E-state index contributed by atoms with van der Waals surface area (Å²) in [4.78, 5) is 36.1. The number of thiocarbonyl (C=S) groups is 1. The molecule has 0 atom stereocenters. The van der Waals surface area contributed by atoms with Gasteiger partial charge in [0.25, 0.3) is 5.24 Å². The summed E-state index contributed by atoms with van der Waals surface area (Å²) in [5, 5.41) is 4.82. The van der Waals surface area contributed by atoms with Crippen LogP contribution in [0, 0.1) is 5.92 Å². The Morgan fingerprint density at radius 2 is 2.10 bits per heavy atom. The average Bonchev–Trinajstić information content (AvgIpc) is 2.84. The molecule has 0 aromatic heterocycles. The zero-order chi connectivity index (χ0) is 15.8. The molecule has 21 heavy (non-hydrogen) atoms. The van der Waals surface area contributed by atoms with Crippen molar-refractivity contribution in [3.8, 4) is 0 Å². The van der Waals surface area contributed by atoms with Crippen LogP contribution in [0.1, 0.15) is 13.8 Å². The molecule has 1 saturated heterocycles. The molecule has 2 N–H and O–H groups in total. The molecule has 0 aliphatic carbocycles. The molecular formula is C11H17N3O3S4. The number of amides is 3. The van der Waals surface area contributed by atoms with Gasteiger partial charge in [-0.2, -0.15) is 0 Å². The molecule has 0 radical (unpaired) electrons. The van der Waals surface area contributed by atoms with Gasteiger partial charge in [0.1, 0.15) is 4.32 Å². The van der Waals surface area contributed by atoms with Crippen LogP contribution < -0.4 is 10.6 Å². The number of thioether (sulfide) groups is 1. The van der Waals surface area contributed by atoms with E-state index in [9.17, 15) is 14.4 Å². The summed E-state index contributed by atoms with van der Waals surface area (Å²) in [5.41, 5.74) is 0. The van der Waals surface area contributed by atoms with E-state index >= 15 is 0 Å². The molecule has 0 bridgehead atoms. The summed E-state index contributed by atoms with van der Waals surface area (Å²) in [6.07, 6.45) is 0. The van der Waals surface area contributed by atoms with E-state index < -0.39 is 0 Å². The molecule has 0 spiro atoms. The first kappa shape index (κ1) is 18.6. The molecule has 3 amide bonds. The van der Waals surface area contributed by atoms with Crippen LogP contribution in [0.4, 0.5) is 4.79 Å². The van der Waals surface area contributed by atoms with Gasteiger partial charge in [0, 0.05) is 29.0 Å². The van der Waals surface area contributed by atoms with Gasteiger partial charge in [-0.15, -0.1) is 0 Å². The highest BCUT2D eigenvalue weighted by atomic mass is 33.1. The van der Waals surface area contributed by atoms with E-state index in [0.717, 1.165) is 27.3 Å². The smallest absolute Gasteiger partial charge is 0.291 e. The van der Waals surface area contributed by atoms with Gasteiger partial charge < -0.3 is 10.6 Å². The molecule has 1 rings (SSSR count). The van der Waals surface area contributed by atoms with Crippen molar-refractivity contribution in [1.29, 1.82) is 0 Å². The van der Waals surface area contributed by atoms with Gasteiger partial charge in [0.05, 0.1) is 12.4 Å². The fourth-order valence-corrected chi connectivity index (χ4v) is 4.04. The van der Waals surface area contributed by atoms with Gasteiger partial charge in [-0.05, 0) is 0 Å². The second-order valence-corrected chi connectivity index (χ2v) is 8.34. The molecule has 10 heteroatoms. The van der Waals surface area contributed by atoms with Crippen molar-refractivity contribution in [1.82, 2.24) is 15.5 Å². The highest BCUT2D eigenvalue weighted by molar-refractivity contribution is 8.82. The molecule has 0 saturated carbocycles. The Morgan fingerprint density at radius 1 is 1.38 bits per heavy atom. The van der Waals surface area contributed by atoms with Crippen LogP contribution >= 0.6 is 45.6 Å². The van der Waals surface area contributed by atoms with Crippen molar-refractivity contribution in [3.63, 3.8) is 0 Å². The van der Waals surface area contributed by atoms with E-state index in [1.807, 2.05) is 0 Å². The topological polar surface area (TPSA) is 78.5 Å². The van der Waals surface area contributed by atoms with Gasteiger partial charge in [-0.1, -0.05) is 48.6 Å². The minimum absolute atomic E-state index is 0.0802. The Hall–Kier alpha value is -0.450. The van der Waals surface area contributed by atoms with E-state index in [-0.39, 0.29) is 35.4 Å². The van der Waals surface area contributed by atoms with Crippen molar-refractivity contribution in [2.24, 2.45) is 5.92 Å². The van der Waals surface area contributed by atoms with Gasteiger partial charge in [0.15, 0.2) is 0 Å². The summed E-state index contributed by atoms with van der Waals surface area (Å²) < 4.78 is 0.603. The van der Waals surface area contributed by atoms with Crippen LogP contribution in [0.25, 0.3) is 0 Å². The number of nitrogens with one attached hydrogen (secondary N) is 2. The van der Waals surface area contributed by atoms with E-state index in [0.29, 0.717) is 10.9 Å². The van der Waals surface area contributed by atoms with Gasteiger partial charge in [-0.25, -0.2) is 0 Å². The highest BCUT2D eigenvalue weighted by Gasteiger charge is 2.23. The largest absolute Gasteiger partial charge is 0.338 e. The van der Waals surface area contributed by atoms with Crippen LogP contribution in [0.5, 0.6) is 0 Å². The number of rotatable bonds is 6. The lowest BCUT2D eigenvalue weighted by atomic mass is 10.2. The quantitative estimate of drug-likeness (QED) is 0.420. The van der Waals surface area contributed by atoms with Crippen LogP contribution in [0.3, 0.4) is 0 Å². The SMILES string of the molecule is CC(C)C(=O)NCNC(=O)SSCC(=O)N1CCSC1=S. The first-order chi connectivity index (χ1) is 9.91. The minimum atomic E-state index is -0.296. The molecule has 1 heterocycles. The third-order valence-corrected chi connectivity index (χ3v) is 5.77. The maximum Gasteiger partial charge on any atom is 0.291 e. The van der Waals surface area contributed by atoms with E-state index in [2.05, 4.69) is 10.6 Å². The highest BCUT2D eigenvalue weighted by Crippen LogP contribution is 2.24. The Balaban J connectivity index is 2.12. The zero-order valence-corrected chi connectivity index (χ0v) is 15.0. The maximum absolute atomic E-state index is 11.8. The van der Waals surface area contributed by atoms with Crippen molar-refractivity contribution in [2.75, 3.05) is 24.7 Å². The lowest BCUT2D eigenvalue weighted by Gasteiger charge is -2.13. The number of hydrogen-bond acceptors (Lipinski definition) is 7. The zero-order valence-electron chi connectivity index (χ0n) is 11.7. The first-order valence-electron chi connectivity index (χ1n) is 6.24. The fourth-order valence-electron chi connectivity index (χ4n) is 1.27. The molecule has 6 nitrogen and oxygen atoms in total. The lowest BCUT2D eigenvalue weighted by molar-refractivity contribution is -0.124. The lowest BCUT2D eigenvalue weighted by Crippen LogP contribution is -2.37. The molecule has 0 unspecified atom stereocenters. The minimum Gasteiger partial charge on any atom is -0.338 e. The monoisotopic (exact) mass is 367 g/mol. The number of nitrogens with zero attached hydrogens (tertiary/aromatic N) is 1. The fraction of sp³-hybridized carbons (Fsp3) is 0.636. The summed E-state index contributed by atoms with van der Waals surface area (Å²) >= 11 is 6.54. The second-order valence-electron chi connectivity index (χ2n) is 4.34. The Bertz CT molecular complexity index is 431. The van der Waals surface area contributed by atoms with Crippen LogP contribution in [0.15, 0.2) is 0 Å². The summed E-state index contributed by atoms with van der Waals surface area (Å²) in [6.45, 7) is 4.27. The number of carbonyl (C=O) groups is 3. The summed E-state index contributed by atoms with van der Waals surface area (Å²) in [7, 11) is 2.10. The van der Waals surface area contributed by atoms with E-state index in [1.165, 1.54) is 11.8 Å². The van der Waals surface area contributed by atoms with E-state index in [4.69, 9.17) is 12.2 Å². The van der Waals surface area contributed by atoms with Gasteiger partial charge >= 0.3 is 0 Å². The molecule has 118 valence electrons. The molecule has 0 aromatic carbocycles. The predicted molar refractivity (Wildman–Crippen MR) is 93.2 cm³/mol. The number of carbonyl (C=O) groups excluding carboxylic acids is 3. The van der Waals surface area contributed by atoms with E-state index in [1.54, 1.807) is 18.7 Å². The Morgan fingerprint density at radius 3 is 2.67 bits per heavy atom. The average molecular weight is 368 g/mol. The third kappa shape index (κ3) is 6.90.